The third kappa shape index (κ3) is 2.03. The number of hydrogen-bond acceptors (Lipinski definition) is 0. The monoisotopic (exact) mass is 283 g/mol. The van der Waals surface area contributed by atoms with Gasteiger partial charge in [0.1, 0.15) is 0 Å². The van der Waals surface area contributed by atoms with E-state index in [1.165, 1.54) is 33.4 Å². The predicted molar refractivity (Wildman–Crippen MR) is 95.1 cm³/mol. The van der Waals surface area contributed by atoms with E-state index >= 15 is 0 Å². The van der Waals surface area contributed by atoms with Gasteiger partial charge < -0.3 is 4.57 Å². The molecular weight excluding hydrogens is 266 g/mol. The number of benzene rings is 2. The smallest absolute Gasteiger partial charge is 0.0543 e. The molecule has 0 saturated heterocycles. The van der Waals surface area contributed by atoms with Crippen LogP contribution >= 0.6 is 0 Å². The van der Waals surface area contributed by atoms with Gasteiger partial charge in [0.05, 0.1) is 11.2 Å². The summed E-state index contributed by atoms with van der Waals surface area (Å²) in [7, 11) is 0. The maximum atomic E-state index is 2.34. The summed E-state index contributed by atoms with van der Waals surface area (Å²) in [4.78, 5) is 0. The van der Waals surface area contributed by atoms with Crippen molar-refractivity contribution in [2.75, 3.05) is 0 Å². The molecule has 1 aliphatic rings. The summed E-state index contributed by atoms with van der Waals surface area (Å²) in [5, 5.41) is 1.29. The fourth-order valence-electron chi connectivity index (χ4n) is 3.08. The molecule has 0 N–H and O–H groups in total. The van der Waals surface area contributed by atoms with E-state index in [2.05, 4.69) is 96.5 Å². The molecule has 0 amide bonds. The van der Waals surface area contributed by atoms with Crippen LogP contribution in [0.3, 0.4) is 0 Å². The Bertz CT molecular complexity index is 921. The molecular formula is C21H17N. The van der Waals surface area contributed by atoms with Gasteiger partial charge in [-0.15, -0.1) is 0 Å². The van der Waals surface area contributed by atoms with Crippen molar-refractivity contribution in [3.05, 3.63) is 89.7 Å². The summed E-state index contributed by atoms with van der Waals surface area (Å²) in [6.45, 7) is 2.15. The van der Waals surface area contributed by atoms with E-state index in [1.807, 2.05) is 0 Å². The maximum absolute atomic E-state index is 2.34. The quantitative estimate of drug-likeness (QED) is 0.546. The Balaban J connectivity index is 2.15. The lowest BCUT2D eigenvalue weighted by molar-refractivity contribution is 1.10. The lowest BCUT2D eigenvalue weighted by atomic mass is 10.1. The molecule has 1 heterocycles. The third-order valence-electron chi connectivity index (χ3n) is 4.06. The Morgan fingerprint density at radius 2 is 1.50 bits per heavy atom. The second-order valence-corrected chi connectivity index (χ2v) is 5.59. The summed E-state index contributed by atoms with van der Waals surface area (Å²) in [5.41, 5.74) is 6.22. The van der Waals surface area contributed by atoms with E-state index in [-0.39, 0.29) is 0 Å². The van der Waals surface area contributed by atoms with Gasteiger partial charge in [-0.1, -0.05) is 60.7 Å². The van der Waals surface area contributed by atoms with E-state index in [0.717, 1.165) is 0 Å². The van der Waals surface area contributed by atoms with Crippen LogP contribution in [0.15, 0.2) is 78.4 Å². The lowest BCUT2D eigenvalue weighted by Gasteiger charge is -2.10. The third-order valence-corrected chi connectivity index (χ3v) is 4.06. The summed E-state index contributed by atoms with van der Waals surface area (Å²) in [6.07, 6.45) is 10.8. The molecule has 106 valence electrons. The number of para-hydroxylation sites is 2. The van der Waals surface area contributed by atoms with Crippen LogP contribution < -0.4 is 0 Å². The van der Waals surface area contributed by atoms with Crippen LogP contribution in [0.5, 0.6) is 0 Å². The van der Waals surface area contributed by atoms with E-state index in [9.17, 15) is 0 Å². The highest BCUT2D eigenvalue weighted by Gasteiger charge is 2.15. The minimum Gasteiger partial charge on any atom is -0.309 e. The van der Waals surface area contributed by atoms with Crippen molar-refractivity contribution in [3.63, 3.8) is 0 Å². The van der Waals surface area contributed by atoms with Crippen LogP contribution in [0.1, 0.15) is 18.2 Å². The molecule has 2 aromatic carbocycles. The van der Waals surface area contributed by atoms with Gasteiger partial charge in [-0.05, 0) is 36.8 Å². The van der Waals surface area contributed by atoms with Gasteiger partial charge in [-0.25, -0.2) is 0 Å². The van der Waals surface area contributed by atoms with Crippen molar-refractivity contribution in [2.45, 2.75) is 6.92 Å². The lowest BCUT2D eigenvalue weighted by Crippen LogP contribution is -1.97. The second kappa shape index (κ2) is 5.19. The Hall–Kier alpha value is -2.80. The molecule has 0 fully saturated rings. The average molecular weight is 283 g/mol. The first-order valence-corrected chi connectivity index (χ1v) is 7.56. The molecule has 0 atom stereocenters. The molecule has 1 nitrogen and oxygen atoms in total. The van der Waals surface area contributed by atoms with Gasteiger partial charge in [0.15, 0.2) is 0 Å². The second-order valence-electron chi connectivity index (χ2n) is 5.59. The average Bonchev–Trinajstić information content (AvgIpc) is 2.83. The van der Waals surface area contributed by atoms with Gasteiger partial charge in [-0.2, -0.15) is 0 Å². The number of nitrogens with zero attached hydrogens (tertiary/aromatic N) is 1. The number of allylic oxidation sites excluding steroid dienone is 4. The highest BCUT2D eigenvalue weighted by atomic mass is 15.0. The van der Waals surface area contributed by atoms with Crippen molar-refractivity contribution >= 4 is 23.1 Å². The van der Waals surface area contributed by atoms with Crippen LogP contribution in [0.2, 0.25) is 0 Å². The normalized spacial score (nSPS) is 18.9. The molecule has 0 bridgehead atoms. The van der Waals surface area contributed by atoms with E-state index in [1.54, 1.807) is 0 Å². The molecule has 0 saturated carbocycles. The molecule has 0 unspecified atom stereocenters. The van der Waals surface area contributed by atoms with Gasteiger partial charge >= 0.3 is 0 Å². The maximum Gasteiger partial charge on any atom is 0.0543 e. The van der Waals surface area contributed by atoms with Crippen LogP contribution in [-0.2, 0) is 0 Å². The molecule has 4 rings (SSSR count). The molecule has 1 heteroatoms. The molecule has 3 aromatic rings. The molecule has 0 radical (unpaired) electrons. The number of fused-ring (bicyclic) bond motifs is 3. The zero-order valence-electron chi connectivity index (χ0n) is 12.5. The number of aromatic nitrogens is 1. The summed E-state index contributed by atoms with van der Waals surface area (Å²) in [6, 6.07) is 19.2. The van der Waals surface area contributed by atoms with Gasteiger partial charge in [-0.3, -0.25) is 0 Å². The molecule has 0 aliphatic heterocycles. The Morgan fingerprint density at radius 3 is 2.36 bits per heavy atom. The zero-order valence-corrected chi connectivity index (χ0v) is 12.5. The summed E-state index contributed by atoms with van der Waals surface area (Å²) in [5.74, 6) is 0. The van der Waals surface area contributed by atoms with Crippen molar-refractivity contribution in [2.24, 2.45) is 0 Å². The first kappa shape index (κ1) is 12.9. The van der Waals surface area contributed by atoms with Gasteiger partial charge in [0, 0.05) is 16.6 Å². The van der Waals surface area contributed by atoms with E-state index in [0.29, 0.717) is 0 Å². The fraction of sp³-hybridized carbons (Fsp3) is 0.0476. The standard InChI is InChI=1S/C21H17N/c1-16-9-5-6-13-19-18-12-7-8-14-20(18)22(21(19)15-16)17-10-3-2-4-11-17/h2-15H,1H3/b6-5?,9-5+,13-6-,16-9?,16-15-,19-13?,21-15?. The SMILES string of the molecule is CC1=C\c2c(c3ccccc3n2-c2ccccc2)\C=C/C=C/1. The highest BCUT2D eigenvalue weighted by Crippen LogP contribution is 2.32. The van der Waals surface area contributed by atoms with Crippen molar-refractivity contribution in [1.82, 2.24) is 4.57 Å². The topological polar surface area (TPSA) is 4.93 Å². The largest absolute Gasteiger partial charge is 0.309 e. The van der Waals surface area contributed by atoms with Crippen LogP contribution in [0.25, 0.3) is 28.7 Å². The Kier molecular flexibility index (Phi) is 3.05. The van der Waals surface area contributed by atoms with E-state index < -0.39 is 0 Å². The molecule has 22 heavy (non-hydrogen) atoms. The first-order valence-electron chi connectivity index (χ1n) is 7.56. The van der Waals surface area contributed by atoms with Crippen molar-refractivity contribution in [1.29, 1.82) is 0 Å². The summed E-state index contributed by atoms with van der Waals surface area (Å²) >= 11 is 0. The van der Waals surface area contributed by atoms with Gasteiger partial charge in [0.25, 0.3) is 0 Å². The summed E-state index contributed by atoms with van der Waals surface area (Å²) < 4.78 is 2.34. The Labute approximate surface area is 130 Å². The van der Waals surface area contributed by atoms with Gasteiger partial charge in [0.2, 0.25) is 0 Å². The highest BCUT2D eigenvalue weighted by molar-refractivity contribution is 5.96. The van der Waals surface area contributed by atoms with Crippen LogP contribution in [-0.4, -0.2) is 4.57 Å². The van der Waals surface area contributed by atoms with E-state index in [4.69, 9.17) is 0 Å². The zero-order chi connectivity index (χ0) is 14.9. The minimum absolute atomic E-state index is 1.20. The molecule has 1 aromatic heterocycles. The van der Waals surface area contributed by atoms with Crippen LogP contribution in [0, 0.1) is 0 Å². The first-order chi connectivity index (χ1) is 10.8. The number of hydrogen-bond donors (Lipinski definition) is 0. The minimum atomic E-state index is 1.20. The van der Waals surface area contributed by atoms with Crippen molar-refractivity contribution in [3.8, 4) is 5.69 Å². The fourth-order valence-corrected chi connectivity index (χ4v) is 3.08. The molecule has 1 aliphatic carbocycles. The number of rotatable bonds is 1. The predicted octanol–water partition coefficient (Wildman–Crippen LogP) is 5.62. The van der Waals surface area contributed by atoms with Crippen molar-refractivity contribution < 1.29 is 0 Å². The molecule has 0 spiro atoms. The van der Waals surface area contributed by atoms with Crippen LogP contribution in [0.4, 0.5) is 0 Å². The Morgan fingerprint density at radius 1 is 0.773 bits per heavy atom.